The van der Waals surface area contributed by atoms with Crippen LogP contribution in [-0.4, -0.2) is 31.2 Å². The van der Waals surface area contributed by atoms with Crippen LogP contribution in [0.1, 0.15) is 37.3 Å². The summed E-state index contributed by atoms with van der Waals surface area (Å²) in [6, 6.07) is 8.82. The van der Waals surface area contributed by atoms with Gasteiger partial charge < -0.3 is 21.5 Å². The van der Waals surface area contributed by atoms with Crippen molar-refractivity contribution in [3.63, 3.8) is 0 Å². The van der Waals surface area contributed by atoms with Crippen molar-refractivity contribution in [3.05, 3.63) is 35.9 Å². The number of benzene rings is 1. The molecule has 0 radical (unpaired) electrons. The van der Waals surface area contributed by atoms with Crippen LogP contribution in [0.3, 0.4) is 0 Å². The van der Waals surface area contributed by atoms with Gasteiger partial charge in [-0.05, 0) is 18.4 Å². The number of amides is 1. The molecule has 0 aliphatic heterocycles. The van der Waals surface area contributed by atoms with E-state index in [4.69, 9.17) is 16.2 Å². The normalized spacial score (nSPS) is 20.0. The van der Waals surface area contributed by atoms with E-state index in [0.717, 1.165) is 31.2 Å². The summed E-state index contributed by atoms with van der Waals surface area (Å²) < 4.78 is 5.56. The lowest BCUT2D eigenvalue weighted by Crippen LogP contribution is -2.56. The summed E-state index contributed by atoms with van der Waals surface area (Å²) in [7, 11) is 1.63. The summed E-state index contributed by atoms with van der Waals surface area (Å²) in [5, 5.41) is 2.85. The predicted molar refractivity (Wildman–Crippen MR) is 82.6 cm³/mol. The van der Waals surface area contributed by atoms with Gasteiger partial charge in [0.05, 0.1) is 5.60 Å². The Morgan fingerprint density at radius 3 is 2.48 bits per heavy atom. The molecule has 2 unspecified atom stereocenters. The lowest BCUT2D eigenvalue weighted by atomic mass is 9.92. The van der Waals surface area contributed by atoms with Crippen molar-refractivity contribution in [2.45, 2.75) is 43.4 Å². The molecule has 0 aromatic heterocycles. The van der Waals surface area contributed by atoms with Gasteiger partial charge in [-0.25, -0.2) is 0 Å². The van der Waals surface area contributed by atoms with Crippen molar-refractivity contribution >= 4 is 5.91 Å². The summed E-state index contributed by atoms with van der Waals surface area (Å²) in [5.41, 5.74) is 12.7. The zero-order valence-corrected chi connectivity index (χ0v) is 12.5. The smallest absolute Gasteiger partial charge is 0.239 e. The zero-order valence-electron chi connectivity index (χ0n) is 12.5. The van der Waals surface area contributed by atoms with Crippen LogP contribution in [-0.2, 0) is 9.53 Å². The first-order chi connectivity index (χ1) is 10.1. The van der Waals surface area contributed by atoms with E-state index >= 15 is 0 Å². The van der Waals surface area contributed by atoms with E-state index in [1.54, 1.807) is 7.11 Å². The number of hydrogen-bond acceptors (Lipinski definition) is 4. The molecule has 0 saturated heterocycles. The Labute approximate surface area is 126 Å². The third-order valence-corrected chi connectivity index (χ3v) is 4.43. The first kappa shape index (κ1) is 15.9. The molecule has 2 atom stereocenters. The largest absolute Gasteiger partial charge is 0.376 e. The molecule has 1 aromatic rings. The maximum atomic E-state index is 12.3. The SMILES string of the molecule is COC1(C(N)C(=O)NCC(N)c2ccccc2)CCCC1. The Balaban J connectivity index is 1.89. The minimum Gasteiger partial charge on any atom is -0.376 e. The molecule has 1 aliphatic rings. The number of nitrogens with one attached hydrogen (secondary N) is 1. The van der Waals surface area contributed by atoms with Gasteiger partial charge in [-0.1, -0.05) is 43.2 Å². The van der Waals surface area contributed by atoms with E-state index in [1.807, 2.05) is 30.3 Å². The molecule has 5 N–H and O–H groups in total. The quantitative estimate of drug-likeness (QED) is 0.732. The van der Waals surface area contributed by atoms with Gasteiger partial charge in [0, 0.05) is 19.7 Å². The van der Waals surface area contributed by atoms with Crippen molar-refractivity contribution < 1.29 is 9.53 Å². The van der Waals surface area contributed by atoms with Crippen LogP contribution in [0.5, 0.6) is 0 Å². The Hall–Kier alpha value is -1.43. The second-order valence-electron chi connectivity index (χ2n) is 5.72. The Bertz CT molecular complexity index is 458. The Morgan fingerprint density at radius 2 is 1.90 bits per heavy atom. The number of hydrogen-bond donors (Lipinski definition) is 3. The van der Waals surface area contributed by atoms with Gasteiger partial charge in [0.2, 0.25) is 5.91 Å². The van der Waals surface area contributed by atoms with Gasteiger partial charge >= 0.3 is 0 Å². The van der Waals surface area contributed by atoms with Gasteiger partial charge in [0.1, 0.15) is 6.04 Å². The van der Waals surface area contributed by atoms with Gasteiger partial charge in [-0.15, -0.1) is 0 Å². The molecular formula is C16H25N3O2. The average Bonchev–Trinajstić information content (AvgIpc) is 3.02. The van der Waals surface area contributed by atoms with Crippen LogP contribution in [0.2, 0.25) is 0 Å². The van der Waals surface area contributed by atoms with E-state index in [1.165, 1.54) is 0 Å². The molecular weight excluding hydrogens is 266 g/mol. The maximum Gasteiger partial charge on any atom is 0.239 e. The summed E-state index contributed by atoms with van der Waals surface area (Å²) in [6.07, 6.45) is 3.78. The van der Waals surface area contributed by atoms with Gasteiger partial charge in [0.15, 0.2) is 0 Å². The molecule has 21 heavy (non-hydrogen) atoms. The molecule has 1 fully saturated rings. The molecule has 1 saturated carbocycles. The number of ether oxygens (including phenoxy) is 1. The monoisotopic (exact) mass is 291 g/mol. The van der Waals surface area contributed by atoms with E-state index in [0.29, 0.717) is 6.54 Å². The lowest BCUT2D eigenvalue weighted by Gasteiger charge is -2.33. The minimum absolute atomic E-state index is 0.190. The second-order valence-corrected chi connectivity index (χ2v) is 5.72. The third-order valence-electron chi connectivity index (χ3n) is 4.43. The fourth-order valence-electron chi connectivity index (χ4n) is 2.99. The number of nitrogens with two attached hydrogens (primary N) is 2. The average molecular weight is 291 g/mol. The topological polar surface area (TPSA) is 90.4 Å². The van der Waals surface area contributed by atoms with E-state index in [9.17, 15) is 4.79 Å². The summed E-state index contributed by atoms with van der Waals surface area (Å²) in [5.74, 6) is -0.190. The lowest BCUT2D eigenvalue weighted by molar-refractivity contribution is -0.130. The van der Waals surface area contributed by atoms with Crippen LogP contribution in [0.25, 0.3) is 0 Å². The molecule has 1 aliphatic carbocycles. The summed E-state index contributed by atoms with van der Waals surface area (Å²) in [6.45, 7) is 0.371. The first-order valence-corrected chi connectivity index (χ1v) is 7.48. The fraction of sp³-hybridized carbons (Fsp3) is 0.562. The number of carbonyl (C=O) groups is 1. The van der Waals surface area contributed by atoms with Crippen molar-refractivity contribution in [2.75, 3.05) is 13.7 Å². The molecule has 2 rings (SSSR count). The van der Waals surface area contributed by atoms with Crippen molar-refractivity contribution in [2.24, 2.45) is 11.5 Å². The highest BCUT2D eigenvalue weighted by Crippen LogP contribution is 2.34. The highest BCUT2D eigenvalue weighted by Gasteiger charge is 2.43. The maximum absolute atomic E-state index is 12.3. The number of rotatable bonds is 6. The van der Waals surface area contributed by atoms with Gasteiger partial charge in [-0.3, -0.25) is 4.79 Å². The van der Waals surface area contributed by atoms with Crippen molar-refractivity contribution in [1.82, 2.24) is 5.32 Å². The van der Waals surface area contributed by atoms with Crippen LogP contribution in [0, 0.1) is 0 Å². The van der Waals surface area contributed by atoms with E-state index in [-0.39, 0.29) is 11.9 Å². The summed E-state index contributed by atoms with van der Waals surface area (Å²) >= 11 is 0. The van der Waals surface area contributed by atoms with E-state index in [2.05, 4.69) is 5.32 Å². The molecule has 0 spiro atoms. The van der Waals surface area contributed by atoms with Crippen LogP contribution in [0.15, 0.2) is 30.3 Å². The predicted octanol–water partition coefficient (Wildman–Crippen LogP) is 1.09. The highest BCUT2D eigenvalue weighted by molar-refractivity contribution is 5.83. The molecule has 5 nitrogen and oxygen atoms in total. The standard InChI is InChI=1S/C16H25N3O2/c1-21-16(9-5-6-10-16)14(18)15(20)19-11-13(17)12-7-3-2-4-8-12/h2-4,7-8,13-14H,5-6,9-11,17-18H2,1H3,(H,19,20). The Morgan fingerprint density at radius 1 is 1.29 bits per heavy atom. The van der Waals surface area contributed by atoms with Crippen molar-refractivity contribution in [3.8, 4) is 0 Å². The van der Waals surface area contributed by atoms with E-state index < -0.39 is 11.6 Å². The highest BCUT2D eigenvalue weighted by atomic mass is 16.5. The molecule has 116 valence electrons. The molecule has 1 amide bonds. The molecule has 0 heterocycles. The second kappa shape index (κ2) is 7.02. The zero-order chi connectivity index (χ0) is 15.3. The number of carbonyl (C=O) groups excluding carboxylic acids is 1. The molecule has 5 heteroatoms. The number of methoxy groups -OCH3 is 1. The van der Waals surface area contributed by atoms with Crippen molar-refractivity contribution in [1.29, 1.82) is 0 Å². The Kier molecular flexibility index (Phi) is 5.33. The van der Waals surface area contributed by atoms with Crippen LogP contribution >= 0.6 is 0 Å². The van der Waals surface area contributed by atoms with Crippen LogP contribution in [0.4, 0.5) is 0 Å². The van der Waals surface area contributed by atoms with Crippen LogP contribution < -0.4 is 16.8 Å². The first-order valence-electron chi connectivity index (χ1n) is 7.48. The molecule has 1 aromatic carbocycles. The molecule has 0 bridgehead atoms. The van der Waals surface area contributed by atoms with Gasteiger partial charge in [-0.2, -0.15) is 0 Å². The van der Waals surface area contributed by atoms with Gasteiger partial charge in [0.25, 0.3) is 0 Å². The third kappa shape index (κ3) is 3.61. The minimum atomic E-state index is -0.645. The summed E-state index contributed by atoms with van der Waals surface area (Å²) in [4.78, 5) is 12.3. The fourth-order valence-corrected chi connectivity index (χ4v) is 2.99.